The van der Waals surface area contributed by atoms with Gasteiger partial charge in [0, 0.05) is 32.6 Å². The van der Waals surface area contributed by atoms with Gasteiger partial charge in [-0.3, -0.25) is 4.79 Å². The first-order valence-electron chi connectivity index (χ1n) is 8.89. The molecule has 0 aromatic carbocycles. The first-order chi connectivity index (χ1) is 11.9. The smallest absolute Gasteiger partial charge is 0.252 e. The number of nitrogens with zero attached hydrogens (tertiary/aromatic N) is 2. The summed E-state index contributed by atoms with van der Waals surface area (Å²) < 4.78 is 27.5. The highest BCUT2D eigenvalue weighted by atomic mass is 35.5. The quantitative estimate of drug-likeness (QED) is 0.772. The van der Waals surface area contributed by atoms with Gasteiger partial charge in [-0.1, -0.05) is 18.5 Å². The molecule has 5 nitrogen and oxygen atoms in total. The molecule has 3 rings (SSSR count). The fraction of sp³-hybridized carbons (Fsp3) is 0.706. The van der Waals surface area contributed by atoms with Crippen molar-refractivity contribution in [1.82, 2.24) is 9.21 Å². The summed E-state index contributed by atoms with van der Waals surface area (Å²) in [7, 11) is -3.45. The Balaban J connectivity index is 1.51. The molecular weight excluding hydrogens is 380 g/mol. The predicted molar refractivity (Wildman–Crippen MR) is 100 cm³/mol. The van der Waals surface area contributed by atoms with E-state index in [9.17, 15) is 13.2 Å². The highest BCUT2D eigenvalue weighted by Gasteiger charge is 2.32. The number of thiophene rings is 1. The van der Waals surface area contributed by atoms with Crippen LogP contribution in [0.4, 0.5) is 0 Å². The van der Waals surface area contributed by atoms with Gasteiger partial charge in [0.25, 0.3) is 10.0 Å². The van der Waals surface area contributed by atoms with Gasteiger partial charge >= 0.3 is 0 Å². The van der Waals surface area contributed by atoms with Gasteiger partial charge in [0.2, 0.25) is 5.91 Å². The van der Waals surface area contributed by atoms with Gasteiger partial charge in [-0.15, -0.1) is 11.3 Å². The zero-order valence-corrected chi connectivity index (χ0v) is 16.9. The van der Waals surface area contributed by atoms with E-state index in [1.54, 1.807) is 12.1 Å². The third-order valence-electron chi connectivity index (χ3n) is 5.32. The Kier molecular flexibility index (Phi) is 6.08. The Bertz CT molecular complexity index is 703. The summed E-state index contributed by atoms with van der Waals surface area (Å²) in [6.45, 7) is 4.93. The number of carbonyl (C=O) groups excluding carboxylic acids is 1. The Morgan fingerprint density at radius 1 is 1.16 bits per heavy atom. The van der Waals surface area contributed by atoms with Crippen LogP contribution in [0.15, 0.2) is 16.3 Å². The predicted octanol–water partition coefficient (Wildman–Crippen LogP) is 3.45. The molecule has 8 heteroatoms. The number of likely N-dealkylation sites (tertiary alicyclic amines) is 1. The van der Waals surface area contributed by atoms with Crippen molar-refractivity contribution in [3.63, 3.8) is 0 Å². The van der Waals surface area contributed by atoms with E-state index in [0.29, 0.717) is 34.0 Å². The van der Waals surface area contributed by atoms with Gasteiger partial charge in [-0.2, -0.15) is 4.31 Å². The zero-order valence-electron chi connectivity index (χ0n) is 14.5. The summed E-state index contributed by atoms with van der Waals surface area (Å²) in [6, 6.07) is 3.18. The van der Waals surface area contributed by atoms with Crippen molar-refractivity contribution in [2.45, 2.75) is 43.2 Å². The number of rotatable bonds is 4. The molecule has 0 aliphatic carbocycles. The minimum atomic E-state index is -3.45. The largest absolute Gasteiger partial charge is 0.343 e. The fourth-order valence-corrected chi connectivity index (χ4v) is 6.66. The summed E-state index contributed by atoms with van der Waals surface area (Å²) in [5, 5.41) is 0. The number of hydrogen-bond donors (Lipinski definition) is 0. The molecule has 1 aromatic rings. The van der Waals surface area contributed by atoms with E-state index in [-0.39, 0.29) is 11.8 Å². The van der Waals surface area contributed by atoms with Crippen LogP contribution in [0.2, 0.25) is 4.34 Å². The maximum Gasteiger partial charge on any atom is 0.252 e. The van der Waals surface area contributed by atoms with Crippen LogP contribution in [0.3, 0.4) is 0 Å². The van der Waals surface area contributed by atoms with Crippen molar-refractivity contribution in [1.29, 1.82) is 0 Å². The molecule has 1 aromatic heterocycles. The Labute approximate surface area is 159 Å². The molecule has 2 fully saturated rings. The Hall–Kier alpha value is -0.630. The average Bonchev–Trinajstić information content (AvgIpc) is 3.03. The third-order valence-corrected chi connectivity index (χ3v) is 8.91. The lowest BCUT2D eigenvalue weighted by molar-refractivity contribution is -0.133. The molecule has 0 radical (unpaired) electrons. The number of carbonyl (C=O) groups is 1. The molecule has 2 aliphatic heterocycles. The number of amides is 1. The van der Waals surface area contributed by atoms with Crippen molar-refractivity contribution in [3.8, 4) is 0 Å². The Morgan fingerprint density at radius 3 is 2.36 bits per heavy atom. The fourth-order valence-electron chi connectivity index (χ4n) is 3.55. The summed E-state index contributed by atoms with van der Waals surface area (Å²) in [5.41, 5.74) is 0. The molecule has 2 saturated heterocycles. The molecule has 1 amide bonds. The van der Waals surface area contributed by atoms with Crippen molar-refractivity contribution < 1.29 is 13.2 Å². The highest BCUT2D eigenvalue weighted by molar-refractivity contribution is 7.91. The summed E-state index contributed by atoms with van der Waals surface area (Å²) >= 11 is 6.96. The second-order valence-electron chi connectivity index (χ2n) is 7.17. The molecule has 0 N–H and O–H groups in total. The SMILES string of the molecule is CC1CCN(C(=O)CC2CCN(S(=O)(=O)c3ccc(Cl)s3)CC2)CC1. The van der Waals surface area contributed by atoms with Crippen LogP contribution >= 0.6 is 22.9 Å². The highest BCUT2D eigenvalue weighted by Crippen LogP contribution is 2.31. The van der Waals surface area contributed by atoms with Crippen LogP contribution in [0.5, 0.6) is 0 Å². The maximum absolute atomic E-state index is 12.6. The van der Waals surface area contributed by atoms with E-state index in [4.69, 9.17) is 11.6 Å². The van der Waals surface area contributed by atoms with Crippen LogP contribution < -0.4 is 0 Å². The molecular formula is C17H25ClN2O3S2. The average molecular weight is 405 g/mol. The molecule has 0 saturated carbocycles. The van der Waals surface area contributed by atoms with E-state index in [2.05, 4.69) is 6.92 Å². The summed E-state index contributed by atoms with van der Waals surface area (Å²) in [4.78, 5) is 14.4. The van der Waals surface area contributed by atoms with Crippen molar-refractivity contribution in [3.05, 3.63) is 16.5 Å². The number of piperidine rings is 2. The lowest BCUT2D eigenvalue weighted by Gasteiger charge is -2.34. The van der Waals surface area contributed by atoms with Gasteiger partial charge in [-0.25, -0.2) is 8.42 Å². The summed E-state index contributed by atoms with van der Waals surface area (Å²) in [5.74, 6) is 1.23. The van der Waals surface area contributed by atoms with Crippen LogP contribution in [-0.2, 0) is 14.8 Å². The molecule has 0 atom stereocenters. The van der Waals surface area contributed by atoms with Gasteiger partial charge in [0.05, 0.1) is 4.34 Å². The normalized spacial score (nSPS) is 21.6. The Morgan fingerprint density at radius 2 is 1.80 bits per heavy atom. The van der Waals surface area contributed by atoms with E-state index in [1.807, 2.05) is 4.90 Å². The van der Waals surface area contributed by atoms with Crippen LogP contribution in [0.1, 0.15) is 39.0 Å². The first-order valence-corrected chi connectivity index (χ1v) is 11.5. The van der Waals surface area contributed by atoms with Crippen LogP contribution in [0.25, 0.3) is 0 Å². The molecule has 3 heterocycles. The van der Waals surface area contributed by atoms with Crippen molar-refractivity contribution >= 4 is 38.9 Å². The van der Waals surface area contributed by atoms with Crippen LogP contribution in [-0.4, -0.2) is 49.7 Å². The second-order valence-corrected chi connectivity index (χ2v) is 11.1. The molecule has 140 valence electrons. The van der Waals surface area contributed by atoms with Crippen molar-refractivity contribution in [2.24, 2.45) is 11.8 Å². The number of hydrogen-bond acceptors (Lipinski definition) is 4. The molecule has 0 bridgehead atoms. The summed E-state index contributed by atoms with van der Waals surface area (Å²) in [6.07, 6.45) is 4.22. The van der Waals surface area contributed by atoms with E-state index in [0.717, 1.165) is 50.1 Å². The number of halogens is 1. The topological polar surface area (TPSA) is 57.7 Å². The minimum absolute atomic E-state index is 0.234. The first kappa shape index (κ1) is 19.1. The van der Waals surface area contributed by atoms with E-state index in [1.165, 1.54) is 4.31 Å². The molecule has 0 unspecified atom stereocenters. The number of sulfonamides is 1. The van der Waals surface area contributed by atoms with Crippen molar-refractivity contribution in [2.75, 3.05) is 26.2 Å². The lowest BCUT2D eigenvalue weighted by Crippen LogP contribution is -2.41. The zero-order chi connectivity index (χ0) is 18.0. The van der Waals surface area contributed by atoms with Gasteiger partial charge in [0.1, 0.15) is 4.21 Å². The standard InChI is InChI=1S/C17H25ClN2O3S2/c1-13-4-8-19(9-5-13)16(21)12-14-6-10-20(11-7-14)25(22,23)17-3-2-15(18)24-17/h2-3,13-14H,4-12H2,1H3. The third kappa shape index (κ3) is 4.56. The van der Waals surface area contributed by atoms with Crippen LogP contribution in [0, 0.1) is 11.8 Å². The van der Waals surface area contributed by atoms with Gasteiger partial charge in [-0.05, 0) is 49.7 Å². The molecule has 25 heavy (non-hydrogen) atoms. The van der Waals surface area contributed by atoms with Gasteiger partial charge < -0.3 is 4.90 Å². The molecule has 0 spiro atoms. The van der Waals surface area contributed by atoms with Gasteiger partial charge in [0.15, 0.2) is 0 Å². The second kappa shape index (κ2) is 7.94. The minimum Gasteiger partial charge on any atom is -0.343 e. The lowest BCUT2D eigenvalue weighted by atomic mass is 9.93. The van der Waals surface area contributed by atoms with E-state index >= 15 is 0 Å². The molecule has 2 aliphatic rings. The monoisotopic (exact) mass is 404 g/mol. The van der Waals surface area contributed by atoms with E-state index < -0.39 is 10.0 Å². The maximum atomic E-state index is 12.6.